The van der Waals surface area contributed by atoms with E-state index in [0.717, 1.165) is 39.0 Å². The van der Waals surface area contributed by atoms with Gasteiger partial charge in [-0.1, -0.05) is 32.1 Å². The topological polar surface area (TPSA) is 41.6 Å². The van der Waals surface area contributed by atoms with Crippen molar-refractivity contribution in [2.75, 3.05) is 19.7 Å². The lowest BCUT2D eigenvalue weighted by atomic mass is 10.1. The van der Waals surface area contributed by atoms with Gasteiger partial charge in [-0.05, 0) is 12.8 Å². The van der Waals surface area contributed by atoms with E-state index in [2.05, 4.69) is 5.32 Å². The number of ether oxygens (including phenoxy) is 1. The van der Waals surface area contributed by atoms with Gasteiger partial charge in [0.25, 0.3) is 0 Å². The van der Waals surface area contributed by atoms with Crippen molar-refractivity contribution >= 4 is 6.03 Å². The Morgan fingerprint density at radius 1 is 1.00 bits per heavy atom. The summed E-state index contributed by atoms with van der Waals surface area (Å²) in [5.41, 5.74) is 0. The number of amides is 2. The van der Waals surface area contributed by atoms with Gasteiger partial charge in [-0.25, -0.2) is 4.79 Å². The normalized spacial score (nSPS) is 27.1. The van der Waals surface area contributed by atoms with Crippen molar-refractivity contribution in [2.45, 2.75) is 57.6 Å². The van der Waals surface area contributed by atoms with Crippen LogP contribution < -0.4 is 5.32 Å². The summed E-state index contributed by atoms with van der Waals surface area (Å²) in [6.45, 7) is 2.59. The van der Waals surface area contributed by atoms with Gasteiger partial charge in [-0.3, -0.25) is 0 Å². The zero-order valence-electron chi connectivity index (χ0n) is 10.6. The highest BCUT2D eigenvalue weighted by Gasteiger charge is 2.23. The van der Waals surface area contributed by atoms with Crippen LogP contribution in [0.2, 0.25) is 0 Å². The quantitative estimate of drug-likeness (QED) is 0.765. The van der Waals surface area contributed by atoms with Crippen molar-refractivity contribution in [1.29, 1.82) is 0 Å². The molecule has 17 heavy (non-hydrogen) atoms. The van der Waals surface area contributed by atoms with Crippen molar-refractivity contribution in [3.05, 3.63) is 0 Å². The Labute approximate surface area is 104 Å². The Morgan fingerprint density at radius 2 is 1.53 bits per heavy atom. The van der Waals surface area contributed by atoms with Crippen LogP contribution in [0, 0.1) is 0 Å². The molecule has 1 atom stereocenters. The van der Waals surface area contributed by atoms with E-state index in [4.69, 9.17) is 4.74 Å². The molecule has 2 fully saturated rings. The summed E-state index contributed by atoms with van der Waals surface area (Å²) in [6.07, 6.45) is 9.72. The Kier molecular flexibility index (Phi) is 5.10. The minimum absolute atomic E-state index is 0.0297. The first-order chi connectivity index (χ1) is 8.36. The van der Waals surface area contributed by atoms with Gasteiger partial charge >= 0.3 is 6.03 Å². The van der Waals surface area contributed by atoms with E-state index in [1.807, 2.05) is 4.90 Å². The minimum Gasteiger partial charge on any atom is -0.358 e. The lowest BCUT2D eigenvalue weighted by molar-refractivity contribution is -0.0646. The SMILES string of the molecule is O=C(NC1CCO1)N1CCCCCCCCC1. The molecule has 2 heterocycles. The van der Waals surface area contributed by atoms with Gasteiger partial charge in [0.05, 0.1) is 6.61 Å². The molecule has 0 aromatic rings. The van der Waals surface area contributed by atoms with Gasteiger partial charge in [0.15, 0.2) is 0 Å². The van der Waals surface area contributed by atoms with E-state index in [1.165, 1.54) is 32.1 Å². The van der Waals surface area contributed by atoms with Crippen LogP contribution in [-0.2, 0) is 4.74 Å². The average molecular weight is 240 g/mol. The highest BCUT2D eigenvalue weighted by molar-refractivity contribution is 5.74. The van der Waals surface area contributed by atoms with Crippen LogP contribution in [0.5, 0.6) is 0 Å². The van der Waals surface area contributed by atoms with Crippen LogP contribution in [0.25, 0.3) is 0 Å². The number of nitrogens with zero attached hydrogens (tertiary/aromatic N) is 1. The van der Waals surface area contributed by atoms with E-state index in [-0.39, 0.29) is 12.3 Å². The smallest absolute Gasteiger partial charge is 0.319 e. The number of hydrogen-bond donors (Lipinski definition) is 1. The van der Waals surface area contributed by atoms with Gasteiger partial charge in [0.2, 0.25) is 0 Å². The number of carbonyl (C=O) groups excluding carboxylic acids is 1. The average Bonchev–Trinajstić information content (AvgIpc) is 2.30. The maximum atomic E-state index is 12.0. The third kappa shape index (κ3) is 4.19. The summed E-state index contributed by atoms with van der Waals surface area (Å²) in [5, 5.41) is 2.94. The second-order valence-electron chi connectivity index (χ2n) is 5.06. The fourth-order valence-electron chi connectivity index (χ4n) is 2.38. The summed E-state index contributed by atoms with van der Waals surface area (Å²) in [5.74, 6) is 0. The third-order valence-corrected chi connectivity index (χ3v) is 3.63. The zero-order valence-corrected chi connectivity index (χ0v) is 10.6. The molecule has 2 aliphatic heterocycles. The molecule has 0 spiro atoms. The molecule has 4 heteroatoms. The highest BCUT2D eigenvalue weighted by Crippen LogP contribution is 2.13. The second-order valence-corrected chi connectivity index (χ2v) is 5.06. The number of carbonyl (C=O) groups is 1. The molecule has 0 saturated carbocycles. The molecule has 2 aliphatic rings. The summed E-state index contributed by atoms with van der Waals surface area (Å²) in [7, 11) is 0. The number of nitrogens with one attached hydrogen (secondary N) is 1. The number of hydrogen-bond acceptors (Lipinski definition) is 2. The molecular formula is C13H24N2O2. The molecule has 2 rings (SSSR count). The monoisotopic (exact) mass is 240 g/mol. The molecule has 0 aliphatic carbocycles. The van der Waals surface area contributed by atoms with Crippen LogP contribution in [0.15, 0.2) is 0 Å². The third-order valence-electron chi connectivity index (χ3n) is 3.63. The van der Waals surface area contributed by atoms with Crippen molar-refractivity contribution in [3.8, 4) is 0 Å². The molecule has 2 amide bonds. The first kappa shape index (κ1) is 12.7. The first-order valence-corrected chi connectivity index (χ1v) is 7.03. The number of urea groups is 1. The van der Waals surface area contributed by atoms with Crippen LogP contribution in [0.3, 0.4) is 0 Å². The molecule has 0 aromatic carbocycles. The summed E-state index contributed by atoms with van der Waals surface area (Å²) in [6, 6.07) is 0.0651. The first-order valence-electron chi connectivity index (χ1n) is 7.03. The van der Waals surface area contributed by atoms with E-state index in [9.17, 15) is 4.79 Å². The van der Waals surface area contributed by atoms with Gasteiger partial charge in [0, 0.05) is 19.5 Å². The molecule has 0 radical (unpaired) electrons. The van der Waals surface area contributed by atoms with Gasteiger partial charge in [-0.2, -0.15) is 0 Å². The van der Waals surface area contributed by atoms with Crippen LogP contribution in [-0.4, -0.2) is 36.9 Å². The van der Waals surface area contributed by atoms with Gasteiger partial charge < -0.3 is 15.0 Å². The van der Waals surface area contributed by atoms with Crippen LogP contribution >= 0.6 is 0 Å². The van der Waals surface area contributed by atoms with Crippen molar-refractivity contribution in [2.24, 2.45) is 0 Å². The zero-order chi connectivity index (χ0) is 11.9. The van der Waals surface area contributed by atoms with E-state index in [1.54, 1.807) is 0 Å². The standard InChI is InChI=1S/C13H24N2O2/c16-13(14-12-8-11-17-12)15-9-6-4-2-1-3-5-7-10-15/h12H,1-11H2,(H,14,16). The van der Waals surface area contributed by atoms with Crippen LogP contribution in [0.4, 0.5) is 4.79 Å². The minimum atomic E-state index is -0.0297. The molecule has 4 nitrogen and oxygen atoms in total. The molecule has 2 saturated heterocycles. The van der Waals surface area contributed by atoms with E-state index in [0.29, 0.717) is 0 Å². The summed E-state index contributed by atoms with van der Waals surface area (Å²) in [4.78, 5) is 14.0. The fraction of sp³-hybridized carbons (Fsp3) is 0.923. The Balaban J connectivity index is 1.75. The summed E-state index contributed by atoms with van der Waals surface area (Å²) < 4.78 is 5.23. The lowest BCUT2D eigenvalue weighted by Crippen LogP contribution is -2.50. The molecule has 1 unspecified atom stereocenters. The predicted octanol–water partition coefficient (Wildman–Crippen LogP) is 2.49. The van der Waals surface area contributed by atoms with E-state index < -0.39 is 0 Å². The van der Waals surface area contributed by atoms with Gasteiger partial charge in [-0.15, -0.1) is 0 Å². The van der Waals surface area contributed by atoms with Crippen molar-refractivity contribution in [1.82, 2.24) is 10.2 Å². The molecule has 1 N–H and O–H groups in total. The number of rotatable bonds is 1. The molecule has 0 bridgehead atoms. The lowest BCUT2D eigenvalue weighted by Gasteiger charge is -2.31. The predicted molar refractivity (Wildman–Crippen MR) is 66.8 cm³/mol. The van der Waals surface area contributed by atoms with Crippen molar-refractivity contribution in [3.63, 3.8) is 0 Å². The van der Waals surface area contributed by atoms with Gasteiger partial charge in [0.1, 0.15) is 6.23 Å². The highest BCUT2D eigenvalue weighted by atomic mass is 16.5. The van der Waals surface area contributed by atoms with E-state index >= 15 is 0 Å². The Hall–Kier alpha value is -0.770. The fourth-order valence-corrected chi connectivity index (χ4v) is 2.38. The Morgan fingerprint density at radius 3 is 2.00 bits per heavy atom. The molecule has 0 aromatic heterocycles. The maximum absolute atomic E-state index is 12.0. The van der Waals surface area contributed by atoms with Crippen molar-refractivity contribution < 1.29 is 9.53 Å². The largest absolute Gasteiger partial charge is 0.358 e. The second kappa shape index (κ2) is 6.84. The maximum Gasteiger partial charge on any atom is 0.319 e. The Bertz CT molecular complexity index is 232. The van der Waals surface area contributed by atoms with Crippen LogP contribution in [0.1, 0.15) is 51.4 Å². The molecule has 98 valence electrons. The molecular weight excluding hydrogens is 216 g/mol. The summed E-state index contributed by atoms with van der Waals surface area (Å²) >= 11 is 0.